The molecule has 0 fully saturated rings. The van der Waals surface area contributed by atoms with E-state index in [-0.39, 0.29) is 12.1 Å². The highest BCUT2D eigenvalue weighted by molar-refractivity contribution is 5.69. The van der Waals surface area contributed by atoms with Crippen LogP contribution in [-0.4, -0.2) is 49.3 Å². The highest BCUT2D eigenvalue weighted by Crippen LogP contribution is 2.38. The maximum Gasteiger partial charge on any atom is 0.132 e. The Bertz CT molecular complexity index is 1020. The Morgan fingerprint density at radius 1 is 1.31 bits per heavy atom. The number of nitrogens with two attached hydrogens (primary N) is 1. The summed E-state index contributed by atoms with van der Waals surface area (Å²) in [5.74, 6) is -2.42. The molecule has 0 aliphatic rings. The lowest BCUT2D eigenvalue weighted by Crippen LogP contribution is -2.37. The van der Waals surface area contributed by atoms with Crippen LogP contribution in [0.1, 0.15) is 24.1 Å². The van der Waals surface area contributed by atoms with E-state index in [0.29, 0.717) is 17.4 Å². The molecule has 0 saturated heterocycles. The largest absolute Gasteiger partial charge is 0.390 e. The fourth-order valence-corrected chi connectivity index (χ4v) is 2.82. The molecule has 2 unspecified atom stereocenters. The van der Waals surface area contributed by atoms with Gasteiger partial charge >= 0.3 is 0 Å². The minimum absolute atomic E-state index is 0.127. The van der Waals surface area contributed by atoms with Gasteiger partial charge in [-0.05, 0) is 6.07 Å². The van der Waals surface area contributed by atoms with Crippen molar-refractivity contribution in [2.24, 2.45) is 15.7 Å². The molecule has 0 amide bonds. The van der Waals surface area contributed by atoms with E-state index in [1.165, 1.54) is 29.5 Å². The predicted octanol–water partition coefficient (Wildman–Crippen LogP) is 1.34. The summed E-state index contributed by atoms with van der Waals surface area (Å²) in [6, 6.07) is 2.95. The molecule has 0 saturated carbocycles. The Kier molecular flexibility index (Phi) is 5.98. The number of rotatable bonds is 7. The summed E-state index contributed by atoms with van der Waals surface area (Å²) >= 11 is 0. The number of benzene rings is 1. The molecule has 2 atom stereocenters. The van der Waals surface area contributed by atoms with Crippen molar-refractivity contribution in [3.63, 3.8) is 0 Å². The molecule has 11 heteroatoms. The Morgan fingerprint density at radius 3 is 2.76 bits per heavy atom. The number of aliphatic imine (C=N–C) groups is 2. The quantitative estimate of drug-likeness (QED) is 0.455. The Labute approximate surface area is 164 Å². The maximum atomic E-state index is 14.5. The molecule has 0 spiro atoms. The zero-order valence-electron chi connectivity index (χ0n) is 15.4. The first-order valence-electron chi connectivity index (χ1n) is 8.53. The SMILES string of the molecule is CC(c1cn(-c2cncnc2)nn1)C(O)(CN=CN=CN)c1ccc(F)cc1F. The summed E-state index contributed by atoms with van der Waals surface area (Å²) in [5.41, 5.74) is 4.10. The minimum atomic E-state index is -1.85. The van der Waals surface area contributed by atoms with Crippen LogP contribution in [0.4, 0.5) is 8.78 Å². The third-order valence-electron chi connectivity index (χ3n) is 4.45. The lowest BCUT2D eigenvalue weighted by molar-refractivity contribution is 0.0175. The molecular weight excluding hydrogens is 382 g/mol. The van der Waals surface area contributed by atoms with Gasteiger partial charge in [-0.25, -0.2) is 28.4 Å². The van der Waals surface area contributed by atoms with E-state index < -0.39 is 23.2 Å². The zero-order valence-corrected chi connectivity index (χ0v) is 15.4. The predicted molar refractivity (Wildman–Crippen MR) is 102 cm³/mol. The molecule has 0 radical (unpaired) electrons. The van der Waals surface area contributed by atoms with Crippen molar-refractivity contribution in [3.8, 4) is 5.69 Å². The van der Waals surface area contributed by atoms with Crippen molar-refractivity contribution in [1.82, 2.24) is 25.0 Å². The normalized spacial score (nSPS) is 15.0. The van der Waals surface area contributed by atoms with Crippen LogP contribution in [0.2, 0.25) is 0 Å². The first kappa shape index (κ1) is 20.1. The third kappa shape index (κ3) is 4.29. The van der Waals surface area contributed by atoms with E-state index in [1.807, 2.05) is 0 Å². The number of nitrogens with zero attached hydrogens (tertiary/aromatic N) is 7. The van der Waals surface area contributed by atoms with Gasteiger partial charge in [0, 0.05) is 17.5 Å². The van der Waals surface area contributed by atoms with Crippen LogP contribution >= 0.6 is 0 Å². The summed E-state index contributed by atoms with van der Waals surface area (Å²) in [7, 11) is 0. The molecule has 2 heterocycles. The van der Waals surface area contributed by atoms with E-state index in [4.69, 9.17) is 5.73 Å². The van der Waals surface area contributed by atoms with Crippen LogP contribution < -0.4 is 5.73 Å². The summed E-state index contributed by atoms with van der Waals surface area (Å²) in [4.78, 5) is 15.5. The van der Waals surface area contributed by atoms with Gasteiger partial charge in [-0.15, -0.1) is 5.10 Å². The van der Waals surface area contributed by atoms with Gasteiger partial charge in [0.25, 0.3) is 0 Å². The second kappa shape index (κ2) is 8.61. The molecule has 0 aliphatic carbocycles. The number of aliphatic hydroxyl groups is 1. The Hall–Kier alpha value is -3.60. The number of aromatic nitrogens is 5. The van der Waals surface area contributed by atoms with Crippen LogP contribution in [0.5, 0.6) is 0 Å². The molecule has 150 valence electrons. The summed E-state index contributed by atoms with van der Waals surface area (Å²) in [6.07, 6.45) is 8.18. The summed E-state index contributed by atoms with van der Waals surface area (Å²) in [5, 5.41) is 19.5. The highest BCUT2D eigenvalue weighted by atomic mass is 19.1. The molecule has 29 heavy (non-hydrogen) atoms. The average molecular weight is 400 g/mol. The van der Waals surface area contributed by atoms with Crippen LogP contribution in [0.25, 0.3) is 5.69 Å². The topological polar surface area (TPSA) is 127 Å². The van der Waals surface area contributed by atoms with Crippen molar-refractivity contribution in [2.45, 2.75) is 18.4 Å². The molecule has 0 bridgehead atoms. The molecular formula is C18H18F2N8O. The molecule has 2 aromatic heterocycles. The number of hydrogen-bond acceptors (Lipinski definition) is 6. The smallest absolute Gasteiger partial charge is 0.132 e. The lowest BCUT2D eigenvalue weighted by atomic mass is 9.80. The van der Waals surface area contributed by atoms with E-state index >= 15 is 0 Å². The second-order valence-electron chi connectivity index (χ2n) is 6.21. The van der Waals surface area contributed by atoms with E-state index in [9.17, 15) is 13.9 Å². The van der Waals surface area contributed by atoms with E-state index in [0.717, 1.165) is 18.7 Å². The first-order chi connectivity index (χ1) is 14.0. The minimum Gasteiger partial charge on any atom is -0.390 e. The fourth-order valence-electron chi connectivity index (χ4n) is 2.82. The van der Waals surface area contributed by atoms with Crippen LogP contribution in [0.3, 0.4) is 0 Å². The summed E-state index contributed by atoms with van der Waals surface area (Å²) < 4.78 is 29.3. The molecule has 3 aromatic rings. The number of halogens is 2. The Balaban J connectivity index is 2.00. The van der Waals surface area contributed by atoms with Crippen LogP contribution in [0.15, 0.2) is 53.1 Å². The van der Waals surface area contributed by atoms with E-state index in [1.54, 1.807) is 13.1 Å². The molecule has 1 aromatic carbocycles. The van der Waals surface area contributed by atoms with Gasteiger partial charge in [-0.2, -0.15) is 0 Å². The van der Waals surface area contributed by atoms with Crippen molar-refractivity contribution in [3.05, 3.63) is 66.0 Å². The van der Waals surface area contributed by atoms with Gasteiger partial charge in [-0.3, -0.25) is 4.99 Å². The first-order valence-corrected chi connectivity index (χ1v) is 8.53. The van der Waals surface area contributed by atoms with Crippen molar-refractivity contribution in [2.75, 3.05) is 6.54 Å². The molecule has 9 nitrogen and oxygen atoms in total. The molecule has 3 N–H and O–H groups in total. The van der Waals surface area contributed by atoms with Gasteiger partial charge in [0.05, 0.1) is 37.2 Å². The number of hydrogen-bond donors (Lipinski definition) is 2. The zero-order chi connectivity index (χ0) is 20.9. The lowest BCUT2D eigenvalue weighted by Gasteiger charge is -2.32. The Morgan fingerprint density at radius 2 is 2.07 bits per heavy atom. The maximum absolute atomic E-state index is 14.5. The van der Waals surface area contributed by atoms with Crippen molar-refractivity contribution >= 4 is 12.7 Å². The molecule has 0 aliphatic heterocycles. The monoisotopic (exact) mass is 400 g/mol. The van der Waals surface area contributed by atoms with Gasteiger partial charge in [0.2, 0.25) is 0 Å². The van der Waals surface area contributed by atoms with Crippen LogP contribution in [0, 0.1) is 11.6 Å². The second-order valence-corrected chi connectivity index (χ2v) is 6.21. The van der Waals surface area contributed by atoms with Crippen molar-refractivity contribution < 1.29 is 13.9 Å². The van der Waals surface area contributed by atoms with Crippen molar-refractivity contribution in [1.29, 1.82) is 0 Å². The average Bonchev–Trinajstić information content (AvgIpc) is 3.21. The highest BCUT2D eigenvalue weighted by Gasteiger charge is 2.40. The van der Waals surface area contributed by atoms with Gasteiger partial charge in [-0.1, -0.05) is 18.2 Å². The van der Waals surface area contributed by atoms with Gasteiger partial charge in [0.1, 0.15) is 35.6 Å². The van der Waals surface area contributed by atoms with E-state index in [2.05, 4.69) is 30.3 Å². The summed E-state index contributed by atoms with van der Waals surface area (Å²) in [6.45, 7) is 1.37. The standard InChI is InChI=1S/C18H18F2N8O/c1-12(17-7-28(27-26-17)14-5-22-10-23-6-14)18(29,8-24-11-25-9-21)15-3-2-13(19)4-16(15)20/h2-7,9-12,29H,8H2,1H3,(H2,21,24,25). The third-order valence-corrected chi connectivity index (χ3v) is 4.45. The fraction of sp³-hybridized carbons (Fsp3) is 0.222. The van der Waals surface area contributed by atoms with Crippen LogP contribution in [-0.2, 0) is 5.60 Å². The molecule has 3 rings (SSSR count). The van der Waals surface area contributed by atoms with Gasteiger partial charge in [0.15, 0.2) is 0 Å². The van der Waals surface area contributed by atoms with Gasteiger partial charge < -0.3 is 10.8 Å².